The molecule has 1 aromatic carbocycles. The molecule has 0 fully saturated rings. The number of hydrogen-bond donors (Lipinski definition) is 1. The topological polar surface area (TPSA) is 35.5 Å². The van der Waals surface area contributed by atoms with Crippen LogP contribution in [0.5, 0.6) is 5.75 Å². The third kappa shape index (κ3) is 3.09. The standard InChI is InChI=1S/C9H8F2O3S/c1-13-8(12)5-2-3-6(7(15)4-5)14-9(10)11/h2-4,9,15H,1H3. The number of halogens is 2. The molecule has 0 aliphatic heterocycles. The van der Waals surface area contributed by atoms with Gasteiger partial charge in [-0.25, -0.2) is 4.79 Å². The Labute approximate surface area is 90.4 Å². The average Bonchev–Trinajstić information content (AvgIpc) is 2.19. The van der Waals surface area contributed by atoms with E-state index in [0.29, 0.717) is 0 Å². The minimum Gasteiger partial charge on any atom is -0.465 e. The SMILES string of the molecule is COC(=O)c1ccc(OC(F)F)c(S)c1. The highest BCUT2D eigenvalue weighted by Crippen LogP contribution is 2.25. The van der Waals surface area contributed by atoms with Crippen molar-refractivity contribution in [2.75, 3.05) is 7.11 Å². The van der Waals surface area contributed by atoms with Crippen LogP contribution in [-0.4, -0.2) is 19.7 Å². The zero-order valence-corrected chi connectivity index (χ0v) is 8.63. The van der Waals surface area contributed by atoms with Crippen LogP contribution in [0.2, 0.25) is 0 Å². The Morgan fingerprint density at radius 2 is 2.13 bits per heavy atom. The van der Waals surface area contributed by atoms with E-state index in [4.69, 9.17) is 0 Å². The molecule has 0 unspecified atom stereocenters. The quantitative estimate of drug-likeness (QED) is 0.644. The zero-order valence-electron chi connectivity index (χ0n) is 7.74. The summed E-state index contributed by atoms with van der Waals surface area (Å²) in [5.41, 5.74) is 0.226. The van der Waals surface area contributed by atoms with E-state index >= 15 is 0 Å². The first-order valence-corrected chi connectivity index (χ1v) is 4.35. The maximum Gasteiger partial charge on any atom is 0.387 e. The van der Waals surface area contributed by atoms with Crippen molar-refractivity contribution in [2.24, 2.45) is 0 Å². The molecule has 15 heavy (non-hydrogen) atoms. The van der Waals surface area contributed by atoms with E-state index in [0.717, 1.165) is 0 Å². The molecule has 0 radical (unpaired) electrons. The second kappa shape index (κ2) is 4.97. The number of esters is 1. The van der Waals surface area contributed by atoms with Gasteiger partial charge in [0.05, 0.1) is 12.7 Å². The van der Waals surface area contributed by atoms with Crippen LogP contribution in [0.3, 0.4) is 0 Å². The number of benzene rings is 1. The fourth-order valence-corrected chi connectivity index (χ4v) is 1.22. The number of methoxy groups -OCH3 is 1. The lowest BCUT2D eigenvalue weighted by Crippen LogP contribution is -2.05. The van der Waals surface area contributed by atoms with E-state index in [9.17, 15) is 13.6 Å². The van der Waals surface area contributed by atoms with Crippen LogP contribution in [0.25, 0.3) is 0 Å². The molecule has 0 aliphatic carbocycles. The van der Waals surface area contributed by atoms with Crippen LogP contribution in [0.1, 0.15) is 10.4 Å². The molecule has 0 saturated carbocycles. The van der Waals surface area contributed by atoms with Crippen molar-refractivity contribution < 1.29 is 23.0 Å². The van der Waals surface area contributed by atoms with Crippen LogP contribution in [0, 0.1) is 0 Å². The van der Waals surface area contributed by atoms with Crippen molar-refractivity contribution in [3.8, 4) is 5.75 Å². The number of ether oxygens (including phenoxy) is 2. The van der Waals surface area contributed by atoms with E-state index in [1.807, 2.05) is 0 Å². The monoisotopic (exact) mass is 234 g/mol. The van der Waals surface area contributed by atoms with Crippen LogP contribution in [-0.2, 0) is 4.74 Å². The van der Waals surface area contributed by atoms with Gasteiger partial charge in [0.15, 0.2) is 0 Å². The molecule has 82 valence electrons. The highest BCUT2D eigenvalue weighted by molar-refractivity contribution is 7.80. The summed E-state index contributed by atoms with van der Waals surface area (Å²) in [6.45, 7) is -2.92. The maximum absolute atomic E-state index is 11.9. The summed E-state index contributed by atoms with van der Waals surface area (Å²) in [4.78, 5) is 11.2. The molecule has 0 atom stereocenters. The molecule has 1 aromatic rings. The fraction of sp³-hybridized carbons (Fsp3) is 0.222. The Kier molecular flexibility index (Phi) is 3.90. The van der Waals surface area contributed by atoms with Gasteiger partial charge in [0.1, 0.15) is 5.75 Å². The van der Waals surface area contributed by atoms with Gasteiger partial charge < -0.3 is 9.47 Å². The Bertz CT molecular complexity index is 368. The molecule has 0 saturated heterocycles. The Morgan fingerprint density at radius 3 is 2.60 bits per heavy atom. The molecule has 3 nitrogen and oxygen atoms in total. The minimum atomic E-state index is -2.92. The Morgan fingerprint density at radius 1 is 1.47 bits per heavy atom. The van der Waals surface area contributed by atoms with Crippen molar-refractivity contribution in [1.29, 1.82) is 0 Å². The second-order valence-corrected chi connectivity index (χ2v) is 3.03. The van der Waals surface area contributed by atoms with Crippen molar-refractivity contribution in [2.45, 2.75) is 11.5 Å². The van der Waals surface area contributed by atoms with Crippen molar-refractivity contribution in [3.05, 3.63) is 23.8 Å². The molecular weight excluding hydrogens is 226 g/mol. The number of alkyl halides is 2. The molecule has 0 aliphatic rings. The van der Waals surface area contributed by atoms with Gasteiger partial charge in [-0.1, -0.05) is 0 Å². The van der Waals surface area contributed by atoms with Gasteiger partial charge in [-0.05, 0) is 18.2 Å². The second-order valence-electron chi connectivity index (χ2n) is 2.55. The number of hydrogen-bond acceptors (Lipinski definition) is 4. The molecule has 0 spiro atoms. The van der Waals surface area contributed by atoms with Crippen molar-refractivity contribution >= 4 is 18.6 Å². The van der Waals surface area contributed by atoms with E-state index in [-0.39, 0.29) is 16.2 Å². The predicted molar refractivity (Wildman–Crippen MR) is 51.7 cm³/mol. The number of carbonyl (C=O) groups excluding carboxylic acids is 1. The molecule has 0 heterocycles. The largest absolute Gasteiger partial charge is 0.465 e. The Hall–Kier alpha value is -1.30. The molecule has 0 aromatic heterocycles. The Balaban J connectivity index is 2.93. The first-order valence-electron chi connectivity index (χ1n) is 3.90. The first kappa shape index (κ1) is 11.8. The highest BCUT2D eigenvalue weighted by atomic mass is 32.1. The van der Waals surface area contributed by atoms with Crippen molar-refractivity contribution in [1.82, 2.24) is 0 Å². The summed E-state index contributed by atoms with van der Waals surface area (Å²) in [5.74, 6) is -0.644. The average molecular weight is 234 g/mol. The lowest BCUT2D eigenvalue weighted by molar-refractivity contribution is -0.0516. The molecule has 6 heteroatoms. The third-order valence-corrected chi connectivity index (χ3v) is 1.95. The summed E-state index contributed by atoms with van der Waals surface area (Å²) in [5, 5.41) is 0. The van der Waals surface area contributed by atoms with Gasteiger partial charge >= 0.3 is 12.6 Å². The van der Waals surface area contributed by atoms with Gasteiger partial charge in [0.25, 0.3) is 0 Å². The molecule has 1 rings (SSSR count). The van der Waals surface area contributed by atoms with Crippen LogP contribution >= 0.6 is 12.6 Å². The van der Waals surface area contributed by atoms with Gasteiger partial charge in [-0.15, -0.1) is 12.6 Å². The lowest BCUT2D eigenvalue weighted by atomic mass is 10.2. The summed E-state index contributed by atoms with van der Waals surface area (Å²) in [6.07, 6.45) is 0. The maximum atomic E-state index is 11.9. The fourth-order valence-electron chi connectivity index (χ4n) is 0.958. The minimum absolute atomic E-state index is 0.0824. The van der Waals surface area contributed by atoms with Gasteiger partial charge in [-0.2, -0.15) is 8.78 Å². The van der Waals surface area contributed by atoms with E-state index in [1.165, 1.54) is 25.3 Å². The van der Waals surface area contributed by atoms with Crippen LogP contribution < -0.4 is 4.74 Å². The molecule has 0 bridgehead atoms. The van der Waals surface area contributed by atoms with Crippen molar-refractivity contribution in [3.63, 3.8) is 0 Å². The number of rotatable bonds is 3. The number of carbonyl (C=O) groups is 1. The number of thiol groups is 1. The van der Waals surface area contributed by atoms with Gasteiger partial charge in [0.2, 0.25) is 0 Å². The summed E-state index contributed by atoms with van der Waals surface area (Å²) in [7, 11) is 1.23. The summed E-state index contributed by atoms with van der Waals surface area (Å²) in [6, 6.07) is 3.86. The highest BCUT2D eigenvalue weighted by Gasteiger charge is 2.11. The van der Waals surface area contributed by atoms with Crippen LogP contribution in [0.4, 0.5) is 8.78 Å². The smallest absolute Gasteiger partial charge is 0.387 e. The molecule has 0 amide bonds. The van der Waals surface area contributed by atoms with E-state index < -0.39 is 12.6 Å². The third-order valence-electron chi connectivity index (χ3n) is 1.60. The summed E-state index contributed by atoms with van der Waals surface area (Å²) >= 11 is 3.91. The normalized spacial score (nSPS) is 10.2. The van der Waals surface area contributed by atoms with E-state index in [1.54, 1.807) is 0 Å². The van der Waals surface area contributed by atoms with Crippen LogP contribution in [0.15, 0.2) is 23.1 Å². The lowest BCUT2D eigenvalue weighted by Gasteiger charge is -2.07. The molecule has 0 N–H and O–H groups in total. The van der Waals surface area contributed by atoms with Gasteiger partial charge in [-0.3, -0.25) is 0 Å². The first-order chi connectivity index (χ1) is 7.04. The van der Waals surface area contributed by atoms with Gasteiger partial charge in [0, 0.05) is 4.90 Å². The summed E-state index contributed by atoms with van der Waals surface area (Å²) < 4.78 is 32.4. The molecular formula is C9H8F2O3S. The zero-order chi connectivity index (χ0) is 11.4. The van der Waals surface area contributed by atoms with E-state index in [2.05, 4.69) is 22.1 Å². The predicted octanol–water partition coefficient (Wildman–Crippen LogP) is 2.36.